The molecule has 3 aromatic rings. The predicted octanol–water partition coefficient (Wildman–Crippen LogP) is 2.34. The van der Waals surface area contributed by atoms with Crippen LogP contribution in [0.1, 0.15) is 42.6 Å². The number of aryl methyl sites for hydroxylation is 2. The molecule has 0 saturated carbocycles. The van der Waals surface area contributed by atoms with Gasteiger partial charge < -0.3 is 15.7 Å². The molecule has 1 fully saturated rings. The first-order valence-corrected chi connectivity index (χ1v) is 10.9. The van der Waals surface area contributed by atoms with Gasteiger partial charge in [0.25, 0.3) is 0 Å². The van der Waals surface area contributed by atoms with Crippen LogP contribution in [0.2, 0.25) is 0 Å². The van der Waals surface area contributed by atoms with E-state index in [0.29, 0.717) is 13.0 Å². The summed E-state index contributed by atoms with van der Waals surface area (Å²) in [7, 11) is 0. The lowest BCUT2D eigenvalue weighted by atomic mass is 10.0. The number of hydrogen-bond acceptors (Lipinski definition) is 5. The highest BCUT2D eigenvalue weighted by molar-refractivity contribution is 5.83. The standard InChI is InChI=1S/C24H29N5O2/c1-2-21(26-24(31)23-22(30)14-15-25-23)18-9-12-20(13-10-18)29-16-19(27-28-29)11-8-17-6-4-3-5-7-17/h3-7,9-10,12-13,16,21-23,25,30H,2,8,11,14-15H2,1H3,(H,26,31)/t21-,22-,23-/m0/s1. The molecule has 2 aromatic carbocycles. The Kier molecular flexibility index (Phi) is 6.74. The summed E-state index contributed by atoms with van der Waals surface area (Å²) in [5.41, 5.74) is 4.19. The van der Waals surface area contributed by atoms with Gasteiger partial charge in [-0.3, -0.25) is 4.79 Å². The summed E-state index contributed by atoms with van der Waals surface area (Å²) in [5, 5.41) is 24.6. The summed E-state index contributed by atoms with van der Waals surface area (Å²) in [6.07, 6.45) is 4.48. The fourth-order valence-electron chi connectivity index (χ4n) is 3.96. The molecule has 0 aliphatic carbocycles. The van der Waals surface area contributed by atoms with Crippen LogP contribution in [0.5, 0.6) is 0 Å². The summed E-state index contributed by atoms with van der Waals surface area (Å²) >= 11 is 0. The van der Waals surface area contributed by atoms with Crippen molar-refractivity contribution in [1.29, 1.82) is 0 Å². The first-order chi connectivity index (χ1) is 15.1. The number of amides is 1. The number of nitrogens with zero attached hydrogens (tertiary/aromatic N) is 3. The highest BCUT2D eigenvalue weighted by Gasteiger charge is 2.32. The lowest BCUT2D eigenvalue weighted by molar-refractivity contribution is -0.125. The fourth-order valence-corrected chi connectivity index (χ4v) is 3.96. The summed E-state index contributed by atoms with van der Waals surface area (Å²) in [6.45, 7) is 2.70. The number of rotatable bonds is 8. The number of carbonyl (C=O) groups is 1. The smallest absolute Gasteiger partial charge is 0.240 e. The number of nitrogens with one attached hydrogen (secondary N) is 2. The van der Waals surface area contributed by atoms with Crippen LogP contribution in [0.15, 0.2) is 60.8 Å². The lowest BCUT2D eigenvalue weighted by Crippen LogP contribution is -2.46. The van der Waals surface area contributed by atoms with E-state index < -0.39 is 12.1 Å². The second-order valence-corrected chi connectivity index (χ2v) is 7.99. The number of hydrogen-bond donors (Lipinski definition) is 3. The maximum atomic E-state index is 12.5. The molecule has 0 bridgehead atoms. The number of carbonyl (C=O) groups excluding carboxylic acids is 1. The van der Waals surface area contributed by atoms with Crippen molar-refractivity contribution >= 4 is 5.91 Å². The Morgan fingerprint density at radius 2 is 1.97 bits per heavy atom. The Morgan fingerprint density at radius 3 is 2.65 bits per heavy atom. The largest absolute Gasteiger partial charge is 0.391 e. The second-order valence-electron chi connectivity index (χ2n) is 7.99. The molecule has 1 saturated heterocycles. The fraction of sp³-hybridized carbons (Fsp3) is 0.375. The number of aromatic nitrogens is 3. The van der Waals surface area contributed by atoms with Crippen LogP contribution in [0.3, 0.4) is 0 Å². The van der Waals surface area contributed by atoms with E-state index in [-0.39, 0.29) is 11.9 Å². The zero-order chi connectivity index (χ0) is 21.6. The maximum Gasteiger partial charge on any atom is 0.240 e. The van der Waals surface area contributed by atoms with Crippen molar-refractivity contribution in [3.05, 3.63) is 77.6 Å². The van der Waals surface area contributed by atoms with Crippen LogP contribution in [0.25, 0.3) is 5.69 Å². The molecule has 162 valence electrons. The molecule has 1 aliphatic heterocycles. The Balaban J connectivity index is 1.38. The van der Waals surface area contributed by atoms with Gasteiger partial charge in [0.2, 0.25) is 5.91 Å². The van der Waals surface area contributed by atoms with E-state index in [1.54, 1.807) is 4.68 Å². The molecule has 7 heteroatoms. The molecular formula is C24H29N5O2. The first kappa shape index (κ1) is 21.2. The summed E-state index contributed by atoms with van der Waals surface area (Å²) in [6, 6.07) is 17.7. The van der Waals surface area contributed by atoms with E-state index in [9.17, 15) is 9.90 Å². The van der Waals surface area contributed by atoms with E-state index in [1.165, 1.54) is 5.56 Å². The van der Waals surface area contributed by atoms with E-state index in [1.807, 2.05) is 55.6 Å². The van der Waals surface area contributed by atoms with Crippen molar-refractivity contribution in [2.45, 2.75) is 50.8 Å². The number of aliphatic hydroxyl groups is 1. The van der Waals surface area contributed by atoms with Gasteiger partial charge >= 0.3 is 0 Å². The first-order valence-electron chi connectivity index (χ1n) is 10.9. The average molecular weight is 420 g/mol. The molecule has 31 heavy (non-hydrogen) atoms. The monoisotopic (exact) mass is 419 g/mol. The molecule has 3 N–H and O–H groups in total. The molecule has 0 unspecified atom stereocenters. The van der Waals surface area contributed by atoms with Gasteiger partial charge in [-0.2, -0.15) is 0 Å². The summed E-state index contributed by atoms with van der Waals surface area (Å²) in [4.78, 5) is 12.5. The SMILES string of the molecule is CC[C@H](NC(=O)[C@H]1NCC[C@@H]1O)c1ccc(-n2cc(CCc3ccccc3)nn2)cc1. The van der Waals surface area contributed by atoms with E-state index in [4.69, 9.17) is 0 Å². The van der Waals surface area contributed by atoms with E-state index in [2.05, 4.69) is 33.1 Å². The van der Waals surface area contributed by atoms with Gasteiger partial charge in [-0.15, -0.1) is 5.10 Å². The maximum absolute atomic E-state index is 12.5. The Morgan fingerprint density at radius 1 is 1.19 bits per heavy atom. The quantitative estimate of drug-likeness (QED) is 0.521. The van der Waals surface area contributed by atoms with Crippen LogP contribution < -0.4 is 10.6 Å². The molecule has 0 radical (unpaired) electrons. The molecular weight excluding hydrogens is 390 g/mol. The molecule has 2 heterocycles. The third-order valence-electron chi connectivity index (χ3n) is 5.81. The second kappa shape index (κ2) is 9.85. The molecule has 4 rings (SSSR count). The van der Waals surface area contributed by atoms with Crippen LogP contribution in [-0.4, -0.2) is 44.7 Å². The number of aliphatic hydroxyl groups excluding tert-OH is 1. The van der Waals surface area contributed by atoms with Crippen molar-refractivity contribution in [2.24, 2.45) is 0 Å². The van der Waals surface area contributed by atoms with Crippen LogP contribution in [0, 0.1) is 0 Å². The molecule has 0 spiro atoms. The van der Waals surface area contributed by atoms with Gasteiger partial charge in [0, 0.05) is 0 Å². The van der Waals surface area contributed by atoms with E-state index in [0.717, 1.165) is 36.2 Å². The minimum Gasteiger partial charge on any atom is -0.391 e. The van der Waals surface area contributed by atoms with Gasteiger partial charge in [0.05, 0.1) is 29.7 Å². The third kappa shape index (κ3) is 5.18. The predicted molar refractivity (Wildman–Crippen MR) is 119 cm³/mol. The zero-order valence-electron chi connectivity index (χ0n) is 17.7. The van der Waals surface area contributed by atoms with Crippen molar-refractivity contribution in [3.8, 4) is 5.69 Å². The minimum atomic E-state index is -0.622. The minimum absolute atomic E-state index is 0.103. The number of benzene rings is 2. The van der Waals surface area contributed by atoms with Crippen LogP contribution >= 0.6 is 0 Å². The molecule has 7 nitrogen and oxygen atoms in total. The zero-order valence-corrected chi connectivity index (χ0v) is 17.7. The van der Waals surface area contributed by atoms with Crippen molar-refractivity contribution < 1.29 is 9.90 Å². The van der Waals surface area contributed by atoms with Gasteiger partial charge in [-0.1, -0.05) is 54.6 Å². The van der Waals surface area contributed by atoms with Gasteiger partial charge in [-0.05, 0) is 55.5 Å². The summed E-state index contributed by atoms with van der Waals surface area (Å²) < 4.78 is 1.78. The lowest BCUT2D eigenvalue weighted by Gasteiger charge is -2.21. The van der Waals surface area contributed by atoms with Crippen LogP contribution in [0.4, 0.5) is 0 Å². The van der Waals surface area contributed by atoms with Gasteiger partial charge in [-0.25, -0.2) is 4.68 Å². The Bertz CT molecular complexity index is 987. The van der Waals surface area contributed by atoms with Gasteiger partial charge in [0.1, 0.15) is 6.04 Å². The molecule has 1 amide bonds. The van der Waals surface area contributed by atoms with Crippen molar-refractivity contribution in [1.82, 2.24) is 25.6 Å². The highest BCUT2D eigenvalue weighted by Crippen LogP contribution is 2.20. The average Bonchev–Trinajstić information content (AvgIpc) is 3.46. The Hall–Kier alpha value is -3.03. The normalized spacial score (nSPS) is 19.3. The topological polar surface area (TPSA) is 92.1 Å². The van der Waals surface area contributed by atoms with Gasteiger partial charge in [0.15, 0.2) is 0 Å². The molecule has 3 atom stereocenters. The van der Waals surface area contributed by atoms with Crippen molar-refractivity contribution in [3.63, 3.8) is 0 Å². The molecule has 1 aromatic heterocycles. The van der Waals surface area contributed by atoms with Crippen LogP contribution in [-0.2, 0) is 17.6 Å². The third-order valence-corrected chi connectivity index (χ3v) is 5.81. The highest BCUT2D eigenvalue weighted by atomic mass is 16.3. The molecule has 1 aliphatic rings. The summed E-state index contributed by atoms with van der Waals surface area (Å²) in [5.74, 6) is -0.153. The van der Waals surface area contributed by atoms with Crippen molar-refractivity contribution in [2.75, 3.05) is 6.54 Å². The Labute approximate surface area is 182 Å². The van der Waals surface area contributed by atoms with E-state index >= 15 is 0 Å².